The summed E-state index contributed by atoms with van der Waals surface area (Å²) in [5.74, 6) is 0. The highest BCUT2D eigenvalue weighted by atomic mass is 31.0. The van der Waals surface area contributed by atoms with Gasteiger partial charge in [0.05, 0.1) is 31.8 Å². The van der Waals surface area contributed by atoms with E-state index in [1.165, 1.54) is 0 Å². The van der Waals surface area contributed by atoms with Crippen LogP contribution < -0.4 is 0 Å². The van der Waals surface area contributed by atoms with Gasteiger partial charge in [-0.05, 0) is 0 Å². The van der Waals surface area contributed by atoms with Gasteiger partial charge in [0, 0.05) is 0 Å². The molecule has 0 rings (SSSR count). The Balaban J connectivity index is 0. The Bertz CT molecular complexity index is 67.4. The molecule has 0 aliphatic rings. The van der Waals surface area contributed by atoms with E-state index in [0.29, 0.717) is 0 Å². The first-order valence-electron chi connectivity index (χ1n) is 2.86. The van der Waals surface area contributed by atoms with Gasteiger partial charge in [-0.2, -0.15) is 0 Å². The molecule has 0 spiro atoms. The molecule has 0 atom stereocenters. The van der Waals surface area contributed by atoms with E-state index in [-0.39, 0.29) is 0 Å². The Labute approximate surface area is 66.9 Å². The van der Waals surface area contributed by atoms with Gasteiger partial charge in [-0.1, -0.05) is 0 Å². The van der Waals surface area contributed by atoms with Gasteiger partial charge in [0.25, 0.3) is 9.12 Å². The lowest BCUT2D eigenvalue weighted by Crippen LogP contribution is -2.37. The Hall–Kier alpha value is -0.0600. The zero-order valence-electron chi connectivity index (χ0n) is 5.97. The van der Waals surface area contributed by atoms with Crippen LogP contribution in [0.5, 0.6) is 0 Å². The highest BCUT2D eigenvalue weighted by molar-refractivity contribution is 7.00. The van der Waals surface area contributed by atoms with Crippen LogP contribution in [0, 0.1) is 5.41 Å². The van der Waals surface area contributed by atoms with E-state index >= 15 is 0 Å². The van der Waals surface area contributed by atoms with Gasteiger partial charge in [0.1, 0.15) is 0 Å². The summed E-state index contributed by atoms with van der Waals surface area (Å²) < 4.78 is 7.94. The van der Waals surface area contributed by atoms with Crippen LogP contribution in [0.4, 0.5) is 0 Å². The first-order chi connectivity index (χ1) is 5.24. The number of rotatable bonds is 4. The van der Waals surface area contributed by atoms with Crippen molar-refractivity contribution in [1.29, 1.82) is 0 Å². The fraction of sp³-hybridized carbons (Fsp3) is 1.00. The van der Waals surface area contributed by atoms with Crippen molar-refractivity contribution in [2.24, 2.45) is 5.41 Å². The molecular weight excluding hydrogens is 171 g/mol. The third-order valence-electron chi connectivity index (χ3n) is 1.34. The molecule has 67 valence electrons. The maximum atomic E-state index is 8.50. The predicted molar refractivity (Wildman–Crippen MR) is 38.4 cm³/mol. The molecule has 0 amide bonds. The van der Waals surface area contributed by atoms with E-state index in [4.69, 9.17) is 25.0 Å². The van der Waals surface area contributed by atoms with Crippen LogP contribution in [0.3, 0.4) is 0 Å². The van der Waals surface area contributed by atoms with Gasteiger partial charge in [-0.3, -0.25) is 4.57 Å². The van der Waals surface area contributed by atoms with Gasteiger partial charge in [0.2, 0.25) is 0 Å². The SMILES string of the molecule is O=[P].OCC(CO)(CO)CO. The van der Waals surface area contributed by atoms with Crippen LogP contribution in [-0.2, 0) is 4.57 Å². The summed E-state index contributed by atoms with van der Waals surface area (Å²) in [7, 11) is 2.28. The van der Waals surface area contributed by atoms with Crippen molar-refractivity contribution in [3.63, 3.8) is 0 Å². The second-order valence-corrected chi connectivity index (χ2v) is 2.13. The molecule has 1 radical (unpaired) electrons. The summed E-state index contributed by atoms with van der Waals surface area (Å²) in [5.41, 5.74) is -1.11. The van der Waals surface area contributed by atoms with Crippen LogP contribution >= 0.6 is 9.12 Å². The van der Waals surface area contributed by atoms with Crippen molar-refractivity contribution in [1.82, 2.24) is 0 Å². The molecule has 0 aliphatic heterocycles. The number of aliphatic hydroxyl groups excluding tert-OH is 4. The van der Waals surface area contributed by atoms with E-state index in [9.17, 15) is 0 Å². The standard InChI is InChI=1S/C5H12O4.OP/c6-1-5(2-7,3-8)4-9;1-2/h6-9H,1-4H2;. The fourth-order valence-electron chi connectivity index (χ4n) is 0.300. The molecule has 0 saturated heterocycles. The maximum Gasteiger partial charge on any atom is 0.261 e. The average Bonchev–Trinajstić information content (AvgIpc) is 2.13. The monoisotopic (exact) mass is 183 g/mol. The minimum Gasteiger partial charge on any atom is -0.396 e. The third kappa shape index (κ3) is 4.40. The Morgan fingerprint density at radius 2 is 1.00 bits per heavy atom. The summed E-state index contributed by atoms with van der Waals surface area (Å²) >= 11 is 0. The van der Waals surface area contributed by atoms with Crippen LogP contribution in [-0.4, -0.2) is 46.9 Å². The lowest BCUT2D eigenvalue weighted by molar-refractivity contribution is -0.0328. The lowest BCUT2D eigenvalue weighted by Gasteiger charge is -2.23. The summed E-state index contributed by atoms with van der Waals surface area (Å²) in [6.45, 7) is -1.62. The molecule has 5 nitrogen and oxygen atoms in total. The molecule has 0 fully saturated rings. The molecule has 0 unspecified atom stereocenters. The van der Waals surface area contributed by atoms with E-state index in [0.717, 1.165) is 0 Å². The fourth-order valence-corrected chi connectivity index (χ4v) is 0.300. The topological polar surface area (TPSA) is 98.0 Å². The van der Waals surface area contributed by atoms with Crippen molar-refractivity contribution in [2.45, 2.75) is 0 Å². The van der Waals surface area contributed by atoms with Crippen LogP contribution in [0.15, 0.2) is 0 Å². The first kappa shape index (κ1) is 13.5. The van der Waals surface area contributed by atoms with E-state index < -0.39 is 31.8 Å². The Morgan fingerprint density at radius 1 is 0.818 bits per heavy atom. The molecule has 0 aromatic rings. The zero-order chi connectivity index (χ0) is 9.33. The quantitative estimate of drug-likeness (QED) is 0.405. The summed E-state index contributed by atoms with van der Waals surface area (Å²) in [6.07, 6.45) is 0. The van der Waals surface area contributed by atoms with Crippen LogP contribution in [0.1, 0.15) is 0 Å². The largest absolute Gasteiger partial charge is 0.396 e. The van der Waals surface area contributed by atoms with Crippen molar-refractivity contribution >= 4 is 9.12 Å². The first-order valence-corrected chi connectivity index (χ1v) is 3.23. The van der Waals surface area contributed by atoms with E-state index in [1.54, 1.807) is 0 Å². The number of hydrogen-bond acceptors (Lipinski definition) is 5. The van der Waals surface area contributed by atoms with Crippen molar-refractivity contribution < 1.29 is 25.0 Å². The smallest absolute Gasteiger partial charge is 0.261 e. The van der Waals surface area contributed by atoms with Gasteiger partial charge < -0.3 is 20.4 Å². The minimum absolute atomic E-state index is 0.406. The molecule has 0 aromatic heterocycles. The van der Waals surface area contributed by atoms with Gasteiger partial charge in [-0.25, -0.2) is 0 Å². The number of aliphatic hydroxyl groups is 4. The molecular formula is C5H12O5P. The average molecular weight is 183 g/mol. The molecule has 4 N–H and O–H groups in total. The van der Waals surface area contributed by atoms with Gasteiger partial charge in [0.15, 0.2) is 0 Å². The van der Waals surface area contributed by atoms with E-state index in [1.807, 2.05) is 0 Å². The van der Waals surface area contributed by atoms with Crippen molar-refractivity contribution in [2.75, 3.05) is 26.4 Å². The molecule has 11 heavy (non-hydrogen) atoms. The predicted octanol–water partition coefficient (Wildman–Crippen LogP) is -1.32. The number of hydrogen-bond donors (Lipinski definition) is 4. The summed E-state index contributed by atoms with van der Waals surface area (Å²) in [4.78, 5) is 0. The third-order valence-corrected chi connectivity index (χ3v) is 1.34. The lowest BCUT2D eigenvalue weighted by atomic mass is 9.93. The van der Waals surface area contributed by atoms with E-state index in [2.05, 4.69) is 9.12 Å². The molecule has 0 aliphatic carbocycles. The van der Waals surface area contributed by atoms with Gasteiger partial charge in [-0.15, -0.1) is 0 Å². The van der Waals surface area contributed by atoms with Crippen molar-refractivity contribution in [3.05, 3.63) is 0 Å². The highest BCUT2D eigenvalue weighted by Crippen LogP contribution is 2.11. The molecule has 0 bridgehead atoms. The minimum atomic E-state index is -1.11. The molecule has 0 heterocycles. The summed E-state index contributed by atoms with van der Waals surface area (Å²) in [6, 6.07) is 0. The Kier molecular flexibility index (Phi) is 9.89. The molecule has 6 heteroatoms. The summed E-state index contributed by atoms with van der Waals surface area (Å²) in [5, 5.41) is 34.0. The zero-order valence-corrected chi connectivity index (χ0v) is 6.87. The highest BCUT2D eigenvalue weighted by Gasteiger charge is 2.26. The normalized spacial score (nSPS) is 10.2. The Morgan fingerprint density at radius 3 is 1.00 bits per heavy atom. The second kappa shape index (κ2) is 8.04. The molecule has 0 aromatic carbocycles. The van der Waals surface area contributed by atoms with Crippen LogP contribution in [0.25, 0.3) is 0 Å². The van der Waals surface area contributed by atoms with Gasteiger partial charge >= 0.3 is 0 Å². The van der Waals surface area contributed by atoms with Crippen LogP contribution in [0.2, 0.25) is 0 Å². The van der Waals surface area contributed by atoms with Crippen molar-refractivity contribution in [3.8, 4) is 0 Å². The molecule has 0 saturated carbocycles. The maximum absolute atomic E-state index is 8.50. The second-order valence-electron chi connectivity index (χ2n) is 2.13.